The minimum atomic E-state index is 0.527. The monoisotopic (exact) mass is 342 g/mol. The highest BCUT2D eigenvalue weighted by atomic mass is 32.2. The highest BCUT2D eigenvalue weighted by Crippen LogP contribution is 2.24. The van der Waals surface area contributed by atoms with Gasteiger partial charge in [-0.3, -0.25) is 0 Å². The number of hydrogen-bond acceptors (Lipinski definition) is 7. The third-order valence-corrected chi connectivity index (χ3v) is 4.56. The summed E-state index contributed by atoms with van der Waals surface area (Å²) in [5.41, 5.74) is 3.96. The lowest BCUT2D eigenvalue weighted by Crippen LogP contribution is -1.98. The van der Waals surface area contributed by atoms with E-state index in [1.165, 1.54) is 11.8 Å². The molecule has 0 bridgehead atoms. The van der Waals surface area contributed by atoms with Gasteiger partial charge in [-0.2, -0.15) is 4.98 Å². The number of aryl methyl sites for hydroxylation is 2. The lowest BCUT2D eigenvalue weighted by atomic mass is 10.2. The molecule has 0 saturated carbocycles. The summed E-state index contributed by atoms with van der Waals surface area (Å²) >= 11 is 1.48. The predicted octanol–water partition coefficient (Wildman–Crippen LogP) is 3.75. The Morgan fingerprint density at radius 3 is 2.54 bits per heavy atom. The van der Waals surface area contributed by atoms with Gasteiger partial charge in [-0.1, -0.05) is 29.1 Å². The van der Waals surface area contributed by atoms with Gasteiger partial charge >= 0.3 is 0 Å². The Morgan fingerprint density at radius 2 is 1.83 bits per heavy atom. The van der Waals surface area contributed by atoms with Crippen molar-refractivity contribution >= 4 is 11.8 Å². The van der Waals surface area contributed by atoms with E-state index in [9.17, 15) is 0 Å². The fraction of sp³-hybridized carbons (Fsp3) is 0.294. The second-order valence-electron chi connectivity index (χ2n) is 5.33. The van der Waals surface area contributed by atoms with Crippen molar-refractivity contribution in [2.75, 3.05) is 7.11 Å². The quantitative estimate of drug-likeness (QED) is 0.516. The molecule has 24 heavy (non-hydrogen) atoms. The summed E-state index contributed by atoms with van der Waals surface area (Å²) in [6.07, 6.45) is 0. The molecule has 0 spiro atoms. The number of nitrogens with zero attached hydrogens (tertiary/aromatic N) is 4. The Labute approximate surface area is 144 Å². The third-order valence-electron chi connectivity index (χ3n) is 3.73. The molecule has 0 aliphatic rings. The average molecular weight is 342 g/mol. The highest BCUT2D eigenvalue weighted by Gasteiger charge is 2.11. The molecule has 1 aromatic carbocycles. The fourth-order valence-corrected chi connectivity index (χ4v) is 2.90. The van der Waals surface area contributed by atoms with Crippen LogP contribution >= 0.6 is 11.8 Å². The Hall–Kier alpha value is -2.41. The SMILES string of the molecule is COc1cccc(-c2noc(CSc3nc(C)c(C)c(C)n3)n2)c1. The molecule has 6 nitrogen and oxygen atoms in total. The van der Waals surface area contributed by atoms with Gasteiger partial charge in [0.2, 0.25) is 11.7 Å². The normalized spacial score (nSPS) is 10.8. The summed E-state index contributed by atoms with van der Waals surface area (Å²) in [6, 6.07) is 7.56. The summed E-state index contributed by atoms with van der Waals surface area (Å²) in [4.78, 5) is 13.4. The van der Waals surface area contributed by atoms with Crippen molar-refractivity contribution in [3.63, 3.8) is 0 Å². The first kappa shape index (κ1) is 16.4. The maximum Gasteiger partial charge on any atom is 0.237 e. The number of rotatable bonds is 5. The number of methoxy groups -OCH3 is 1. The first-order chi connectivity index (χ1) is 11.6. The van der Waals surface area contributed by atoms with Gasteiger partial charge < -0.3 is 9.26 Å². The molecule has 0 amide bonds. The van der Waals surface area contributed by atoms with Gasteiger partial charge in [0.15, 0.2) is 5.16 Å². The number of thioether (sulfide) groups is 1. The smallest absolute Gasteiger partial charge is 0.237 e. The van der Waals surface area contributed by atoms with E-state index in [2.05, 4.69) is 20.1 Å². The van der Waals surface area contributed by atoms with E-state index in [0.717, 1.165) is 33.4 Å². The van der Waals surface area contributed by atoms with Crippen LogP contribution in [0.15, 0.2) is 33.9 Å². The third kappa shape index (κ3) is 3.56. The van der Waals surface area contributed by atoms with Gasteiger partial charge in [-0.25, -0.2) is 9.97 Å². The maximum atomic E-state index is 5.32. The highest BCUT2D eigenvalue weighted by molar-refractivity contribution is 7.98. The van der Waals surface area contributed by atoms with E-state index in [0.29, 0.717) is 17.5 Å². The lowest BCUT2D eigenvalue weighted by molar-refractivity contribution is 0.391. The standard InChI is InChI=1S/C17H18N4O2S/c1-10-11(2)18-17(19-12(10)3)24-9-15-20-16(21-23-15)13-6-5-7-14(8-13)22-4/h5-8H,9H2,1-4H3. The van der Waals surface area contributed by atoms with Crippen LogP contribution in [0.4, 0.5) is 0 Å². The molecule has 3 rings (SSSR count). The minimum Gasteiger partial charge on any atom is -0.497 e. The molecule has 0 atom stereocenters. The molecular weight excluding hydrogens is 324 g/mol. The van der Waals surface area contributed by atoms with Crippen LogP contribution in [0.25, 0.3) is 11.4 Å². The fourth-order valence-electron chi connectivity index (χ4n) is 2.13. The second-order valence-corrected chi connectivity index (χ2v) is 6.28. The van der Waals surface area contributed by atoms with E-state index < -0.39 is 0 Å². The van der Waals surface area contributed by atoms with Crippen molar-refractivity contribution in [2.45, 2.75) is 31.7 Å². The van der Waals surface area contributed by atoms with Gasteiger partial charge in [-0.05, 0) is 38.5 Å². The van der Waals surface area contributed by atoms with Crippen molar-refractivity contribution in [1.29, 1.82) is 0 Å². The van der Waals surface area contributed by atoms with Gasteiger partial charge in [0.1, 0.15) is 5.75 Å². The number of aromatic nitrogens is 4. The van der Waals surface area contributed by atoms with Gasteiger partial charge in [-0.15, -0.1) is 0 Å². The first-order valence-electron chi connectivity index (χ1n) is 7.48. The Kier molecular flexibility index (Phi) is 4.80. The lowest BCUT2D eigenvalue weighted by Gasteiger charge is -2.05. The van der Waals surface area contributed by atoms with Crippen molar-refractivity contribution < 1.29 is 9.26 Å². The molecule has 124 valence electrons. The summed E-state index contributed by atoms with van der Waals surface area (Å²) < 4.78 is 10.5. The first-order valence-corrected chi connectivity index (χ1v) is 8.47. The zero-order chi connectivity index (χ0) is 17.1. The molecule has 0 aliphatic heterocycles. The summed E-state index contributed by atoms with van der Waals surface area (Å²) in [5.74, 6) is 2.37. The van der Waals surface area contributed by atoms with E-state index in [4.69, 9.17) is 9.26 Å². The Balaban J connectivity index is 1.72. The molecule has 2 aromatic heterocycles. The van der Waals surface area contributed by atoms with Crippen LogP contribution in [0.2, 0.25) is 0 Å². The molecule has 0 N–H and O–H groups in total. The zero-order valence-electron chi connectivity index (χ0n) is 14.0. The van der Waals surface area contributed by atoms with Gasteiger partial charge in [0, 0.05) is 17.0 Å². The molecule has 0 radical (unpaired) electrons. The largest absolute Gasteiger partial charge is 0.497 e. The Morgan fingerprint density at radius 1 is 1.08 bits per heavy atom. The van der Waals surface area contributed by atoms with Crippen LogP contribution in [-0.2, 0) is 5.75 Å². The minimum absolute atomic E-state index is 0.527. The summed E-state index contributed by atoms with van der Waals surface area (Å²) in [5, 5.41) is 4.75. The van der Waals surface area contributed by atoms with Crippen LogP contribution in [0, 0.1) is 20.8 Å². The zero-order valence-corrected chi connectivity index (χ0v) is 14.8. The molecule has 0 aliphatic carbocycles. The molecule has 7 heteroatoms. The van der Waals surface area contributed by atoms with Crippen LogP contribution in [0.3, 0.4) is 0 Å². The van der Waals surface area contributed by atoms with Crippen molar-refractivity contribution in [1.82, 2.24) is 20.1 Å². The summed E-state index contributed by atoms with van der Waals surface area (Å²) in [7, 11) is 1.63. The van der Waals surface area contributed by atoms with E-state index in [1.807, 2.05) is 45.0 Å². The van der Waals surface area contributed by atoms with Gasteiger partial charge in [0.05, 0.1) is 12.9 Å². The number of benzene rings is 1. The second kappa shape index (κ2) is 7.00. The molecule has 3 aromatic rings. The molecule has 0 unspecified atom stereocenters. The Bertz CT molecular complexity index is 840. The van der Waals surface area contributed by atoms with Crippen molar-refractivity contribution in [2.24, 2.45) is 0 Å². The van der Waals surface area contributed by atoms with Crippen LogP contribution in [0.5, 0.6) is 5.75 Å². The van der Waals surface area contributed by atoms with Crippen molar-refractivity contribution in [3.8, 4) is 17.1 Å². The maximum absolute atomic E-state index is 5.32. The van der Waals surface area contributed by atoms with Crippen LogP contribution < -0.4 is 4.74 Å². The molecule has 0 fully saturated rings. The molecule has 0 saturated heterocycles. The summed E-state index contributed by atoms with van der Waals surface area (Å²) in [6.45, 7) is 6.00. The number of ether oxygens (including phenoxy) is 1. The van der Waals surface area contributed by atoms with E-state index in [1.54, 1.807) is 7.11 Å². The topological polar surface area (TPSA) is 73.9 Å². The van der Waals surface area contributed by atoms with Crippen LogP contribution in [-0.4, -0.2) is 27.2 Å². The number of hydrogen-bond donors (Lipinski definition) is 0. The van der Waals surface area contributed by atoms with Crippen molar-refractivity contribution in [3.05, 3.63) is 47.1 Å². The molecule has 2 heterocycles. The average Bonchev–Trinajstić information content (AvgIpc) is 3.07. The predicted molar refractivity (Wildman–Crippen MR) is 92.1 cm³/mol. The van der Waals surface area contributed by atoms with Crippen LogP contribution in [0.1, 0.15) is 22.8 Å². The molecular formula is C17H18N4O2S. The van der Waals surface area contributed by atoms with Gasteiger partial charge in [0.25, 0.3) is 0 Å². The van der Waals surface area contributed by atoms with E-state index >= 15 is 0 Å². The van der Waals surface area contributed by atoms with E-state index in [-0.39, 0.29) is 0 Å².